The first-order valence-electron chi connectivity index (χ1n) is 7.98. The predicted molar refractivity (Wildman–Crippen MR) is 96.7 cm³/mol. The number of ether oxygens (including phenoxy) is 1. The van der Waals surface area contributed by atoms with Crippen LogP contribution >= 0.6 is 11.6 Å². The van der Waals surface area contributed by atoms with Gasteiger partial charge in [0.15, 0.2) is 0 Å². The van der Waals surface area contributed by atoms with Crippen LogP contribution in [-0.2, 0) is 11.3 Å². The molecule has 8 heteroatoms. The van der Waals surface area contributed by atoms with Crippen LogP contribution in [0.1, 0.15) is 17.2 Å². The minimum Gasteiger partial charge on any atom is -0.445 e. The molecule has 0 saturated heterocycles. The third-order valence-electron chi connectivity index (χ3n) is 3.90. The van der Waals surface area contributed by atoms with Crippen molar-refractivity contribution in [2.45, 2.75) is 18.8 Å². The Bertz CT molecular complexity index is 885. The van der Waals surface area contributed by atoms with Gasteiger partial charge in [-0.25, -0.2) is 9.78 Å². The van der Waals surface area contributed by atoms with Crippen molar-refractivity contribution >= 4 is 28.7 Å². The summed E-state index contributed by atoms with van der Waals surface area (Å²) in [7, 11) is 0. The monoisotopic (exact) mass is 375 g/mol. The maximum atomic E-state index is 11.7. The molecule has 0 aliphatic heterocycles. The largest absolute Gasteiger partial charge is 0.445 e. The lowest BCUT2D eigenvalue weighted by Gasteiger charge is -2.18. The smallest absolute Gasteiger partial charge is 0.407 e. The van der Waals surface area contributed by atoms with E-state index in [0.717, 1.165) is 5.56 Å². The Hall–Kier alpha value is -2.61. The molecule has 0 fully saturated rings. The third-order valence-corrected chi connectivity index (χ3v) is 4.22. The van der Waals surface area contributed by atoms with Gasteiger partial charge < -0.3 is 25.3 Å². The summed E-state index contributed by atoms with van der Waals surface area (Å²) in [6, 6.07) is 10.8. The van der Waals surface area contributed by atoms with E-state index in [1.807, 2.05) is 30.3 Å². The molecule has 1 amide bonds. The minimum atomic E-state index is -1.25. The molecule has 0 aliphatic carbocycles. The second-order valence-corrected chi connectivity index (χ2v) is 6.12. The molecule has 2 heterocycles. The summed E-state index contributed by atoms with van der Waals surface area (Å²) in [4.78, 5) is 18.7. The van der Waals surface area contributed by atoms with Crippen LogP contribution in [-0.4, -0.2) is 38.9 Å². The Labute approximate surface area is 154 Å². The number of nitrogens with zero attached hydrogens (tertiary/aromatic N) is 1. The van der Waals surface area contributed by atoms with Crippen molar-refractivity contribution in [1.82, 2.24) is 15.3 Å². The van der Waals surface area contributed by atoms with E-state index in [4.69, 9.17) is 16.3 Å². The van der Waals surface area contributed by atoms with E-state index in [1.165, 1.54) is 12.4 Å². The molecule has 2 unspecified atom stereocenters. The van der Waals surface area contributed by atoms with Gasteiger partial charge in [0.05, 0.1) is 5.02 Å². The van der Waals surface area contributed by atoms with E-state index < -0.39 is 18.3 Å². The van der Waals surface area contributed by atoms with Crippen molar-refractivity contribution in [3.8, 4) is 0 Å². The number of halogens is 1. The van der Waals surface area contributed by atoms with Crippen LogP contribution in [0.25, 0.3) is 11.0 Å². The highest BCUT2D eigenvalue weighted by atomic mass is 35.5. The molecule has 0 spiro atoms. The molecule has 136 valence electrons. The number of H-pyrrole nitrogens is 1. The van der Waals surface area contributed by atoms with Gasteiger partial charge in [-0.15, -0.1) is 0 Å². The third kappa shape index (κ3) is 4.13. The zero-order chi connectivity index (χ0) is 18.5. The summed E-state index contributed by atoms with van der Waals surface area (Å²) >= 11 is 6.14. The standard InChI is InChI=1S/C18H18ClN3O4/c19-13-6-7-20-17-15(13)12(8-21-17)16(24)14(23)9-22-18(25)26-10-11-4-2-1-3-5-11/h1-8,14,16,23-24H,9-10H2,(H,20,21)(H,22,25). The molecular weight excluding hydrogens is 358 g/mol. The molecule has 0 bridgehead atoms. The molecule has 4 N–H and O–H groups in total. The van der Waals surface area contributed by atoms with E-state index in [0.29, 0.717) is 21.6 Å². The lowest BCUT2D eigenvalue weighted by molar-refractivity contribution is 0.0192. The van der Waals surface area contributed by atoms with E-state index in [-0.39, 0.29) is 13.2 Å². The van der Waals surface area contributed by atoms with E-state index >= 15 is 0 Å². The van der Waals surface area contributed by atoms with Gasteiger partial charge in [0.2, 0.25) is 0 Å². The van der Waals surface area contributed by atoms with Crippen molar-refractivity contribution in [1.29, 1.82) is 0 Å². The fraction of sp³-hybridized carbons (Fsp3) is 0.222. The van der Waals surface area contributed by atoms with Crippen LogP contribution in [0.5, 0.6) is 0 Å². The molecule has 26 heavy (non-hydrogen) atoms. The SMILES string of the molecule is O=C(NCC(O)C(O)c1c[nH]c2nccc(Cl)c12)OCc1ccccc1. The number of carbonyl (C=O) groups is 1. The molecule has 3 aromatic rings. The summed E-state index contributed by atoms with van der Waals surface area (Å²) in [5.41, 5.74) is 1.77. The molecule has 0 saturated carbocycles. The van der Waals surface area contributed by atoms with Crippen LogP contribution in [0.4, 0.5) is 4.79 Å². The predicted octanol–water partition coefficient (Wildman–Crippen LogP) is 2.54. The van der Waals surface area contributed by atoms with Gasteiger partial charge in [-0.1, -0.05) is 41.9 Å². The number of aliphatic hydroxyl groups is 2. The lowest BCUT2D eigenvalue weighted by atomic mass is 10.0. The highest BCUT2D eigenvalue weighted by Crippen LogP contribution is 2.30. The maximum absolute atomic E-state index is 11.7. The Kier molecular flexibility index (Phi) is 5.72. The molecule has 0 radical (unpaired) electrons. The molecule has 7 nitrogen and oxygen atoms in total. The number of aliphatic hydroxyl groups excluding tert-OH is 2. The first-order chi connectivity index (χ1) is 12.6. The van der Waals surface area contributed by atoms with Gasteiger partial charge in [0, 0.05) is 29.9 Å². The molecule has 0 aliphatic rings. The van der Waals surface area contributed by atoms with Gasteiger partial charge in [-0.05, 0) is 11.6 Å². The lowest BCUT2D eigenvalue weighted by Crippen LogP contribution is -2.35. The number of carbonyl (C=O) groups excluding carboxylic acids is 1. The van der Waals surface area contributed by atoms with Crippen molar-refractivity contribution in [2.24, 2.45) is 0 Å². The highest BCUT2D eigenvalue weighted by Gasteiger charge is 2.23. The average molecular weight is 376 g/mol. The number of rotatable bonds is 6. The van der Waals surface area contributed by atoms with Crippen LogP contribution in [0, 0.1) is 0 Å². The molecule has 1 aromatic carbocycles. The molecular formula is C18H18ClN3O4. The molecule has 2 atom stereocenters. The van der Waals surface area contributed by atoms with Crippen molar-refractivity contribution < 1.29 is 19.7 Å². The number of hydrogen-bond acceptors (Lipinski definition) is 5. The van der Waals surface area contributed by atoms with Gasteiger partial charge in [-0.3, -0.25) is 0 Å². The summed E-state index contributed by atoms with van der Waals surface area (Å²) in [6.07, 6.45) is -0.100. The number of hydrogen-bond donors (Lipinski definition) is 4. The number of fused-ring (bicyclic) bond motifs is 1. The summed E-state index contributed by atoms with van der Waals surface area (Å²) in [6.45, 7) is -0.0611. The number of pyridine rings is 1. The second-order valence-electron chi connectivity index (χ2n) is 5.72. The van der Waals surface area contributed by atoms with Crippen molar-refractivity contribution in [3.63, 3.8) is 0 Å². The van der Waals surface area contributed by atoms with Gasteiger partial charge in [0.25, 0.3) is 0 Å². The Morgan fingerprint density at radius 2 is 2.04 bits per heavy atom. The molecule has 2 aromatic heterocycles. The maximum Gasteiger partial charge on any atom is 0.407 e. The Morgan fingerprint density at radius 3 is 2.81 bits per heavy atom. The number of aromatic nitrogens is 2. The number of nitrogens with one attached hydrogen (secondary N) is 2. The highest BCUT2D eigenvalue weighted by molar-refractivity contribution is 6.35. The Morgan fingerprint density at radius 1 is 1.27 bits per heavy atom. The van der Waals surface area contributed by atoms with Crippen molar-refractivity contribution in [3.05, 3.63) is 64.9 Å². The summed E-state index contributed by atoms with van der Waals surface area (Å²) < 4.78 is 5.06. The molecule has 3 rings (SSSR count). The minimum absolute atomic E-state index is 0.120. The second kappa shape index (κ2) is 8.18. The van der Waals surface area contributed by atoms with Crippen LogP contribution in [0.15, 0.2) is 48.8 Å². The number of alkyl carbamates (subject to hydrolysis) is 1. The normalized spacial score (nSPS) is 13.3. The zero-order valence-corrected chi connectivity index (χ0v) is 14.5. The van der Waals surface area contributed by atoms with Gasteiger partial charge >= 0.3 is 6.09 Å². The van der Waals surface area contributed by atoms with E-state index in [1.54, 1.807) is 6.07 Å². The fourth-order valence-electron chi connectivity index (χ4n) is 2.55. The Balaban J connectivity index is 1.55. The van der Waals surface area contributed by atoms with Crippen molar-refractivity contribution in [2.75, 3.05) is 6.54 Å². The average Bonchev–Trinajstić information content (AvgIpc) is 3.10. The van der Waals surface area contributed by atoms with E-state index in [2.05, 4.69) is 15.3 Å². The zero-order valence-electron chi connectivity index (χ0n) is 13.7. The first-order valence-corrected chi connectivity index (χ1v) is 8.36. The van der Waals surface area contributed by atoms with Gasteiger partial charge in [-0.2, -0.15) is 0 Å². The summed E-state index contributed by atoms with van der Waals surface area (Å²) in [5, 5.41) is 23.9. The van der Waals surface area contributed by atoms with Crippen LogP contribution in [0.2, 0.25) is 5.02 Å². The first kappa shape index (κ1) is 18.2. The summed E-state index contributed by atoms with van der Waals surface area (Å²) in [5.74, 6) is 0. The van der Waals surface area contributed by atoms with Gasteiger partial charge in [0.1, 0.15) is 24.5 Å². The number of benzene rings is 1. The fourth-order valence-corrected chi connectivity index (χ4v) is 2.81. The number of amides is 1. The quantitative estimate of drug-likeness (QED) is 0.529. The topological polar surface area (TPSA) is 107 Å². The van der Waals surface area contributed by atoms with E-state index in [9.17, 15) is 15.0 Å². The van der Waals surface area contributed by atoms with Crippen LogP contribution in [0.3, 0.4) is 0 Å². The van der Waals surface area contributed by atoms with Crippen LogP contribution < -0.4 is 5.32 Å². The number of aromatic amines is 1.